The number of imide groups is 3. The number of nitrogens with one attached hydrogen (secondary N) is 1. The van der Waals surface area contributed by atoms with Crippen molar-refractivity contribution in [2.45, 2.75) is 26.8 Å². The number of carbonyl (C=O) groups excluding carboxylic acids is 5. The van der Waals surface area contributed by atoms with Crippen LogP contribution in [0.3, 0.4) is 0 Å². The summed E-state index contributed by atoms with van der Waals surface area (Å²) in [5.41, 5.74) is 1.77. The number of Topliss-reactive ketones (excluding diaryl/α,β-unsaturated/α-hetero) is 1. The van der Waals surface area contributed by atoms with Gasteiger partial charge in [0.15, 0.2) is 5.78 Å². The Morgan fingerprint density at radius 3 is 2.25 bits per heavy atom. The van der Waals surface area contributed by atoms with Crippen molar-refractivity contribution >= 4 is 50.9 Å². The maximum absolute atomic E-state index is 12.6. The molecule has 1 heterocycles. The number of nitrogens with zero attached hydrogens (tertiary/aromatic N) is 3. The number of benzene rings is 2. The predicted octanol–water partition coefficient (Wildman–Crippen LogP) is -1.34. The molecule has 182 valence electrons. The summed E-state index contributed by atoms with van der Waals surface area (Å²) in [6, 6.07) is 7.33. The fourth-order valence-electron chi connectivity index (χ4n) is 3.33. The second-order valence-corrected chi connectivity index (χ2v) is 9.21. The number of hydrogen-bond acceptors (Lipinski definition) is 10. The largest absolute Gasteiger partial charge is 1.00 e. The Balaban J connectivity index is 0.00000456. The minimum Gasteiger partial charge on any atom is -0.748 e. The fraction of sp³-hybridized carbons (Fsp3) is 0.227. The average Bonchev–Trinajstić information content (AvgIpc) is 2.98. The molecule has 14 heteroatoms. The summed E-state index contributed by atoms with van der Waals surface area (Å²) in [5.74, 6) is -6.58. The third-order valence-electron chi connectivity index (χ3n) is 4.98. The van der Waals surface area contributed by atoms with Gasteiger partial charge in [-0.15, -0.1) is 0 Å². The molecule has 0 aromatic heterocycles. The molecule has 1 atom stereocenters. The number of aryl methyl sites for hydroxylation is 2. The van der Waals surface area contributed by atoms with E-state index in [-0.39, 0.29) is 51.3 Å². The molecule has 1 N–H and O–H groups in total. The Morgan fingerprint density at radius 2 is 1.67 bits per heavy atom. The van der Waals surface area contributed by atoms with Crippen molar-refractivity contribution < 1.29 is 66.5 Å². The summed E-state index contributed by atoms with van der Waals surface area (Å²) < 4.78 is 32.5. The van der Waals surface area contributed by atoms with Crippen molar-refractivity contribution in [2.24, 2.45) is 10.2 Å². The van der Waals surface area contributed by atoms with Crippen LogP contribution in [0, 0.1) is 13.8 Å². The third-order valence-corrected chi connectivity index (χ3v) is 5.58. The van der Waals surface area contributed by atoms with Crippen LogP contribution < -0.4 is 34.9 Å². The molecule has 4 amide bonds. The summed E-state index contributed by atoms with van der Waals surface area (Å²) in [6.07, 6.45) is 0. The molecule has 1 aliphatic heterocycles. The molecule has 0 saturated heterocycles. The third kappa shape index (κ3) is 6.56. The van der Waals surface area contributed by atoms with E-state index < -0.39 is 51.3 Å². The van der Waals surface area contributed by atoms with E-state index in [1.54, 1.807) is 19.1 Å². The second-order valence-electron chi connectivity index (χ2n) is 7.81. The van der Waals surface area contributed by atoms with Crippen LogP contribution >= 0.6 is 0 Å². The van der Waals surface area contributed by atoms with E-state index in [9.17, 15) is 36.9 Å². The van der Waals surface area contributed by atoms with Gasteiger partial charge < -0.3 is 9.87 Å². The van der Waals surface area contributed by atoms with Crippen LogP contribution in [0.4, 0.5) is 11.4 Å². The molecule has 3 rings (SSSR count). The normalized spacial score (nSPS) is 13.8. The molecule has 36 heavy (non-hydrogen) atoms. The smallest absolute Gasteiger partial charge is 0.748 e. The van der Waals surface area contributed by atoms with E-state index in [1.165, 1.54) is 6.07 Å². The van der Waals surface area contributed by atoms with Crippen LogP contribution in [0.25, 0.3) is 0 Å². The van der Waals surface area contributed by atoms with E-state index in [0.29, 0.717) is 5.69 Å². The molecule has 0 fully saturated rings. The van der Waals surface area contributed by atoms with Crippen molar-refractivity contribution in [3.63, 3.8) is 0 Å². The molecule has 0 bridgehead atoms. The van der Waals surface area contributed by atoms with E-state index in [1.807, 2.05) is 13.0 Å². The van der Waals surface area contributed by atoms with Crippen LogP contribution in [0.15, 0.2) is 46.6 Å². The second kappa shape index (κ2) is 11.3. The Bertz CT molecular complexity index is 1420. The first-order valence-electron chi connectivity index (χ1n) is 10.1. The van der Waals surface area contributed by atoms with Crippen LogP contribution in [0.2, 0.25) is 0 Å². The van der Waals surface area contributed by atoms with E-state index in [0.717, 1.165) is 30.2 Å². The van der Waals surface area contributed by atoms with Crippen LogP contribution in [0.1, 0.15) is 38.8 Å². The van der Waals surface area contributed by atoms with E-state index >= 15 is 0 Å². The molecular formula is C22H19N4NaO8S. The molecule has 12 nitrogen and oxygen atoms in total. The molecule has 0 aliphatic carbocycles. The predicted molar refractivity (Wildman–Crippen MR) is 120 cm³/mol. The molecule has 2 aromatic rings. The minimum absolute atomic E-state index is 0. The number of rotatable bonds is 7. The summed E-state index contributed by atoms with van der Waals surface area (Å²) >= 11 is 0. The zero-order valence-electron chi connectivity index (χ0n) is 19.8. The summed E-state index contributed by atoms with van der Waals surface area (Å²) in [4.78, 5) is 61.5. The maximum Gasteiger partial charge on any atom is 1.00 e. The first kappa shape index (κ1) is 29.1. The number of amides is 4. The molecule has 0 radical (unpaired) electrons. The van der Waals surface area contributed by atoms with Crippen molar-refractivity contribution in [2.75, 3.05) is 11.1 Å². The molecule has 0 spiro atoms. The van der Waals surface area contributed by atoms with Gasteiger partial charge in [-0.3, -0.25) is 24.0 Å². The van der Waals surface area contributed by atoms with Gasteiger partial charge in [-0.1, -0.05) is 17.7 Å². The minimum atomic E-state index is -5.01. The van der Waals surface area contributed by atoms with Gasteiger partial charge in [0, 0.05) is 5.69 Å². The molecular weight excluding hydrogens is 503 g/mol. The van der Waals surface area contributed by atoms with E-state index in [2.05, 4.69) is 15.5 Å². The van der Waals surface area contributed by atoms with Crippen LogP contribution in [-0.4, -0.2) is 59.1 Å². The van der Waals surface area contributed by atoms with Gasteiger partial charge in [-0.25, -0.2) is 13.3 Å². The number of azo groups is 1. The Hall–Kier alpha value is -3.10. The van der Waals surface area contributed by atoms with Crippen molar-refractivity contribution in [1.29, 1.82) is 0 Å². The number of hydrogen-bond donors (Lipinski definition) is 1. The van der Waals surface area contributed by atoms with Gasteiger partial charge in [-0.2, -0.15) is 10.2 Å². The summed E-state index contributed by atoms with van der Waals surface area (Å²) in [6.45, 7) is 4.83. The number of anilines is 1. The quantitative estimate of drug-likeness (QED) is 0.152. The van der Waals surface area contributed by atoms with Gasteiger partial charge in [-0.05, 0) is 50.6 Å². The zero-order valence-corrected chi connectivity index (χ0v) is 22.6. The van der Waals surface area contributed by atoms with Crippen LogP contribution in [-0.2, 0) is 24.5 Å². The Morgan fingerprint density at radius 1 is 1.03 bits per heavy atom. The van der Waals surface area contributed by atoms with Crippen molar-refractivity contribution in [3.8, 4) is 0 Å². The first-order valence-corrected chi connectivity index (χ1v) is 11.6. The Kier molecular flexibility index (Phi) is 9.15. The SMILES string of the molecule is CC(=O)C(N=Nc1ccc2c(c1)C(=O)N(C(=O)CS(=O)(=O)[O-])C2=O)C(=O)Nc1ccc(C)cc1C.[Na+]. The molecule has 1 unspecified atom stereocenters. The van der Waals surface area contributed by atoms with Crippen LogP contribution in [0.5, 0.6) is 0 Å². The fourth-order valence-corrected chi connectivity index (χ4v) is 3.76. The first-order chi connectivity index (χ1) is 16.3. The summed E-state index contributed by atoms with van der Waals surface area (Å²) in [5, 5.41) is 10.2. The molecule has 0 saturated carbocycles. The number of carbonyl (C=O) groups is 5. The van der Waals surface area contributed by atoms with Gasteiger partial charge in [0.05, 0.1) is 16.8 Å². The van der Waals surface area contributed by atoms with Crippen molar-refractivity contribution in [1.82, 2.24) is 4.90 Å². The van der Waals surface area contributed by atoms with Gasteiger partial charge >= 0.3 is 29.6 Å². The topological polar surface area (TPSA) is 183 Å². The Labute approximate surface area is 228 Å². The molecule has 1 aliphatic rings. The van der Waals surface area contributed by atoms with Gasteiger partial charge in [0.1, 0.15) is 15.9 Å². The summed E-state index contributed by atoms with van der Waals surface area (Å²) in [7, 11) is -5.01. The van der Waals surface area contributed by atoms with E-state index in [4.69, 9.17) is 0 Å². The monoisotopic (exact) mass is 522 g/mol. The van der Waals surface area contributed by atoms with Crippen molar-refractivity contribution in [3.05, 3.63) is 58.7 Å². The zero-order chi connectivity index (χ0) is 26.1. The number of fused-ring (bicyclic) bond motifs is 1. The number of ketones is 1. The maximum atomic E-state index is 12.6. The average molecular weight is 522 g/mol. The standard InChI is InChI=1S/C22H20N4O8S.Na/c1-11-4-7-17(12(2)8-11)23-20(29)19(13(3)27)25-24-14-5-6-15-16(9-14)22(31)26(21(15)30)18(28)10-35(32,33)34;/h4-9,19H,10H2,1-3H3,(H,23,29)(H,32,33,34);/q;+1/p-1. The molecule has 2 aromatic carbocycles. The van der Waals surface area contributed by atoms with Gasteiger partial charge in [0.25, 0.3) is 23.6 Å². The van der Waals surface area contributed by atoms with Gasteiger partial charge in [0.2, 0.25) is 6.04 Å².